The third kappa shape index (κ3) is 11.3. The Morgan fingerprint density at radius 3 is 1.95 bits per heavy atom. The summed E-state index contributed by atoms with van der Waals surface area (Å²) < 4.78 is 3.16. The minimum absolute atomic E-state index is 0.0149. The van der Waals surface area contributed by atoms with E-state index >= 15 is 0 Å². The lowest BCUT2D eigenvalue weighted by Gasteiger charge is -2.27. The Bertz CT molecular complexity index is 2720. The molecule has 0 radical (unpaired) electrons. The van der Waals surface area contributed by atoms with E-state index in [0.29, 0.717) is 48.6 Å². The van der Waals surface area contributed by atoms with Gasteiger partial charge in [0.25, 0.3) is 41.1 Å². The number of imide groups is 1. The maximum Gasteiger partial charge on any atom is 0.272 e. The number of rotatable bonds is 21. The summed E-state index contributed by atoms with van der Waals surface area (Å²) in [5.74, 6) is -4.03. The van der Waals surface area contributed by atoms with E-state index in [0.717, 1.165) is 23.9 Å². The highest BCUT2D eigenvalue weighted by Crippen LogP contribution is 2.36. The number of nitro groups is 1. The first-order chi connectivity index (χ1) is 31.6. The maximum absolute atomic E-state index is 14.0. The lowest BCUT2D eigenvalue weighted by Crippen LogP contribution is -2.41. The zero-order valence-corrected chi connectivity index (χ0v) is 37.0. The first-order valence-corrected chi connectivity index (χ1v) is 21.1. The van der Waals surface area contributed by atoms with Gasteiger partial charge >= 0.3 is 0 Å². The number of amides is 7. The fourth-order valence-electron chi connectivity index (χ4n) is 7.40. The van der Waals surface area contributed by atoms with Crippen molar-refractivity contribution in [3.8, 4) is 0 Å². The topological polar surface area (TPSA) is 277 Å². The van der Waals surface area contributed by atoms with Crippen molar-refractivity contribution < 1.29 is 38.5 Å². The number of hydrogen-bond acceptors (Lipinski definition) is 12. The molecule has 0 unspecified atom stereocenters. The summed E-state index contributed by atoms with van der Waals surface area (Å²) in [5.41, 5.74) is 6.33. The molecular formula is C45H52N12O9. The van der Waals surface area contributed by atoms with Crippen molar-refractivity contribution in [3.05, 3.63) is 117 Å². The second kappa shape index (κ2) is 21.3. The first kappa shape index (κ1) is 47.7. The van der Waals surface area contributed by atoms with Crippen LogP contribution in [0.2, 0.25) is 0 Å². The largest absolute Gasteiger partial charge is 0.352 e. The van der Waals surface area contributed by atoms with Crippen molar-refractivity contribution in [1.29, 1.82) is 0 Å². The van der Waals surface area contributed by atoms with Crippen molar-refractivity contribution in [1.82, 2.24) is 35.3 Å². The molecule has 21 heteroatoms. The lowest BCUT2D eigenvalue weighted by molar-refractivity contribution is -0.384. The molecule has 0 fully saturated rings. The number of nitrogens with one attached hydrogen (secondary N) is 6. The van der Waals surface area contributed by atoms with Gasteiger partial charge in [0.15, 0.2) is 0 Å². The lowest BCUT2D eigenvalue weighted by atomic mass is 9.92. The van der Waals surface area contributed by atoms with Gasteiger partial charge in [0.2, 0.25) is 5.91 Å². The van der Waals surface area contributed by atoms with Gasteiger partial charge in [-0.25, -0.2) is 4.90 Å². The highest BCUT2D eigenvalue weighted by atomic mass is 16.6. The highest BCUT2D eigenvalue weighted by Gasteiger charge is 2.36. The second-order valence-electron chi connectivity index (χ2n) is 15.9. The van der Waals surface area contributed by atoms with Crippen LogP contribution in [0, 0.1) is 10.1 Å². The van der Waals surface area contributed by atoms with Crippen LogP contribution in [0.4, 0.5) is 22.7 Å². The van der Waals surface area contributed by atoms with E-state index in [2.05, 4.69) is 31.9 Å². The Kier molecular flexibility index (Phi) is 15.4. The van der Waals surface area contributed by atoms with E-state index in [9.17, 15) is 43.7 Å². The Morgan fingerprint density at radius 2 is 1.30 bits per heavy atom. The Labute approximate surface area is 379 Å². The first-order valence-electron chi connectivity index (χ1n) is 21.1. The quantitative estimate of drug-likeness (QED) is 0.0242. The molecule has 0 spiro atoms. The molecule has 1 aliphatic heterocycles. The summed E-state index contributed by atoms with van der Waals surface area (Å²) in [6.45, 7) is 2.84. The van der Waals surface area contributed by atoms with Crippen LogP contribution in [0.25, 0.3) is 10.8 Å². The number of carbonyl (C=O) groups excluding carboxylic acids is 7. The van der Waals surface area contributed by atoms with E-state index in [4.69, 9.17) is 5.73 Å². The van der Waals surface area contributed by atoms with Gasteiger partial charge in [0, 0.05) is 106 Å². The molecule has 7 amide bonds. The molecule has 6 rings (SSSR count). The van der Waals surface area contributed by atoms with E-state index in [-0.39, 0.29) is 76.5 Å². The molecule has 0 aliphatic carbocycles. The summed E-state index contributed by atoms with van der Waals surface area (Å²) in [7, 11) is 7.26. The zero-order chi connectivity index (χ0) is 47.7. The van der Waals surface area contributed by atoms with Crippen molar-refractivity contribution in [2.24, 2.45) is 19.8 Å². The minimum Gasteiger partial charge on any atom is -0.352 e. The molecule has 0 saturated heterocycles. The van der Waals surface area contributed by atoms with Crippen molar-refractivity contribution in [2.75, 3.05) is 75.4 Å². The van der Waals surface area contributed by atoms with Crippen molar-refractivity contribution in [3.63, 3.8) is 0 Å². The predicted molar refractivity (Wildman–Crippen MR) is 247 cm³/mol. The van der Waals surface area contributed by atoms with Crippen molar-refractivity contribution >= 4 is 74.9 Å². The monoisotopic (exact) mass is 904 g/mol. The van der Waals surface area contributed by atoms with E-state index in [1.807, 2.05) is 19.0 Å². The fraction of sp³-hybridized carbons (Fsp3) is 0.311. The number of nitro benzene ring substituents is 1. The molecule has 21 nitrogen and oxygen atoms in total. The van der Waals surface area contributed by atoms with Gasteiger partial charge in [-0.05, 0) is 75.3 Å². The predicted octanol–water partition coefficient (Wildman–Crippen LogP) is 2.59. The van der Waals surface area contributed by atoms with E-state index in [1.165, 1.54) is 42.5 Å². The third-order valence-corrected chi connectivity index (χ3v) is 10.6. The summed E-state index contributed by atoms with van der Waals surface area (Å²) in [4.78, 5) is 108. The van der Waals surface area contributed by atoms with Crippen LogP contribution in [0.15, 0.2) is 73.1 Å². The average Bonchev–Trinajstić information content (AvgIpc) is 3.84. The molecule has 5 aromatic rings. The zero-order valence-electron chi connectivity index (χ0n) is 37.0. The maximum atomic E-state index is 14.0. The summed E-state index contributed by atoms with van der Waals surface area (Å²) >= 11 is 0. The molecule has 346 valence electrons. The molecule has 0 saturated carbocycles. The van der Waals surface area contributed by atoms with Gasteiger partial charge in [-0.1, -0.05) is 12.1 Å². The summed E-state index contributed by atoms with van der Waals surface area (Å²) in [5, 5.41) is 29.2. The van der Waals surface area contributed by atoms with Gasteiger partial charge in [-0.2, -0.15) is 0 Å². The van der Waals surface area contributed by atoms with Crippen LogP contribution in [0.1, 0.15) is 81.7 Å². The van der Waals surface area contributed by atoms with E-state index < -0.39 is 40.4 Å². The van der Waals surface area contributed by atoms with Crippen LogP contribution in [0.5, 0.6) is 0 Å². The standard InChI is InChI=1S/C45H52N12O9/c1-53(2)17-7-13-49-42(61)36-23-31(26-54(36)3)52-43(62)37-22-30(25-55(37)4)51-38(58)10-6-12-48-40(59)28-18-29(41(60)50-16-15-47-14-11-46)21-32(20-28)56-44(63)34-9-5-8-27-19-33(57(65)66)24-35(39(27)34)45(56)64/h5,8-9,18-26,47H,6-7,10-17,46H2,1-4H3,(H,48,59)(H,49,61)(H,50,60)(H,51,58)(H,52,62). The molecule has 0 bridgehead atoms. The average molecular weight is 905 g/mol. The number of carbonyl (C=O) groups is 7. The molecule has 3 aromatic carbocycles. The fourth-order valence-corrected chi connectivity index (χ4v) is 7.40. The second-order valence-corrected chi connectivity index (χ2v) is 15.9. The van der Waals surface area contributed by atoms with Crippen LogP contribution in [-0.2, 0) is 18.9 Å². The smallest absolute Gasteiger partial charge is 0.272 e. The summed E-state index contributed by atoms with van der Waals surface area (Å²) in [6, 6.07) is 13.9. The molecule has 1 aliphatic rings. The molecule has 3 heterocycles. The molecule has 0 atom stereocenters. The number of nitrogens with zero attached hydrogens (tertiary/aromatic N) is 5. The molecule has 2 aromatic heterocycles. The third-order valence-electron chi connectivity index (χ3n) is 10.6. The Hall–Kier alpha value is -7.75. The molecule has 8 N–H and O–H groups in total. The van der Waals surface area contributed by atoms with Crippen LogP contribution < -0.4 is 42.5 Å². The van der Waals surface area contributed by atoms with Gasteiger partial charge in [-0.15, -0.1) is 0 Å². The van der Waals surface area contributed by atoms with Gasteiger partial charge in [0.1, 0.15) is 11.4 Å². The van der Waals surface area contributed by atoms with Crippen LogP contribution in [0.3, 0.4) is 0 Å². The number of nitrogens with two attached hydrogens (primary N) is 1. The van der Waals surface area contributed by atoms with E-state index in [1.54, 1.807) is 47.8 Å². The number of anilines is 3. The number of hydrogen-bond donors (Lipinski definition) is 7. The molecule has 66 heavy (non-hydrogen) atoms. The Balaban J connectivity index is 1.09. The normalized spacial score (nSPS) is 12.1. The van der Waals surface area contributed by atoms with Gasteiger partial charge < -0.3 is 51.7 Å². The van der Waals surface area contributed by atoms with Gasteiger partial charge in [-0.3, -0.25) is 43.7 Å². The van der Waals surface area contributed by atoms with Crippen LogP contribution >= 0.6 is 0 Å². The minimum atomic E-state index is -0.878. The SMILES string of the molecule is CN(C)CCCNC(=O)c1cc(NC(=O)c2cc(NC(=O)CCCNC(=O)c3cc(C(=O)NCCNCCN)cc(N4C(=O)c5cccc6cc([N+](=O)[O-])cc(c56)C4=O)c3)cn2C)cn1C. The van der Waals surface area contributed by atoms with Crippen LogP contribution in [-0.4, -0.2) is 120 Å². The Morgan fingerprint density at radius 1 is 0.697 bits per heavy atom. The molecular weight excluding hydrogens is 853 g/mol. The number of aryl methyl sites for hydroxylation is 2. The number of benzene rings is 3. The number of non-ortho nitro benzene ring substituents is 1. The highest BCUT2D eigenvalue weighted by molar-refractivity contribution is 6.36. The van der Waals surface area contributed by atoms with Gasteiger partial charge in [0.05, 0.1) is 27.5 Å². The van der Waals surface area contributed by atoms with Crippen molar-refractivity contribution in [2.45, 2.75) is 19.3 Å². The summed E-state index contributed by atoms with van der Waals surface area (Å²) in [6.07, 6.45) is 4.14. The number of aromatic nitrogens is 2.